The lowest BCUT2D eigenvalue weighted by Gasteiger charge is -2.18. The third-order valence-electron chi connectivity index (χ3n) is 3.50. The van der Waals surface area contributed by atoms with E-state index in [1.807, 2.05) is 31.2 Å². The normalized spacial score (nSPS) is 11.5. The molecule has 128 valence electrons. The van der Waals surface area contributed by atoms with Gasteiger partial charge in [0.2, 0.25) is 0 Å². The number of hydrogen-bond donors (Lipinski definition) is 1. The second-order valence-corrected chi connectivity index (χ2v) is 5.61. The Morgan fingerprint density at radius 1 is 1.08 bits per heavy atom. The lowest BCUT2D eigenvalue weighted by molar-refractivity contribution is -0.122. The number of para-hydroxylation sites is 1. The van der Waals surface area contributed by atoms with Gasteiger partial charge in [0.15, 0.2) is 6.10 Å². The number of halogens is 1. The molecule has 0 saturated carbocycles. The van der Waals surface area contributed by atoms with Crippen LogP contribution in [0, 0.1) is 6.92 Å². The monoisotopic (exact) mass is 349 g/mol. The Labute approximate surface area is 146 Å². The van der Waals surface area contributed by atoms with Crippen LogP contribution in [0.5, 0.6) is 17.2 Å². The third-order valence-corrected chi connectivity index (χ3v) is 3.79. The van der Waals surface area contributed by atoms with Crippen LogP contribution in [0.25, 0.3) is 0 Å². The summed E-state index contributed by atoms with van der Waals surface area (Å²) in [4.78, 5) is 12.4. The topological polar surface area (TPSA) is 56.8 Å². The summed E-state index contributed by atoms with van der Waals surface area (Å²) in [5.74, 6) is 1.28. The van der Waals surface area contributed by atoms with E-state index < -0.39 is 6.10 Å². The molecule has 0 aliphatic heterocycles. The fourth-order valence-corrected chi connectivity index (χ4v) is 2.37. The first-order chi connectivity index (χ1) is 11.5. The molecule has 1 atom stereocenters. The molecular weight excluding hydrogens is 330 g/mol. The van der Waals surface area contributed by atoms with Gasteiger partial charge in [-0.2, -0.15) is 0 Å². The van der Waals surface area contributed by atoms with Crippen LogP contribution in [-0.4, -0.2) is 26.2 Å². The van der Waals surface area contributed by atoms with Gasteiger partial charge in [0.1, 0.15) is 17.2 Å². The molecular formula is C18H20ClNO4. The predicted octanol–water partition coefficient (Wildman–Crippen LogP) is 4.07. The lowest BCUT2D eigenvalue weighted by Crippen LogP contribution is -2.30. The number of aryl methyl sites for hydroxylation is 1. The number of carbonyl (C=O) groups excluding carboxylic acids is 1. The Morgan fingerprint density at radius 3 is 2.38 bits per heavy atom. The SMILES string of the molecule is COc1cc(OC)c(NC(=O)C(C)Oc2ccccc2C)cc1Cl. The van der Waals surface area contributed by atoms with Crippen molar-refractivity contribution in [3.63, 3.8) is 0 Å². The molecule has 2 aromatic carbocycles. The smallest absolute Gasteiger partial charge is 0.265 e. The maximum Gasteiger partial charge on any atom is 0.265 e. The van der Waals surface area contributed by atoms with Gasteiger partial charge < -0.3 is 19.5 Å². The molecule has 2 rings (SSSR count). The standard InChI is InChI=1S/C18H20ClNO4/c1-11-7-5-6-8-15(11)24-12(2)18(21)20-14-9-13(19)16(22-3)10-17(14)23-4/h5-10,12H,1-4H3,(H,20,21). The van der Waals surface area contributed by atoms with Gasteiger partial charge in [-0.3, -0.25) is 4.79 Å². The number of anilines is 1. The van der Waals surface area contributed by atoms with Crippen LogP contribution in [0.4, 0.5) is 5.69 Å². The second kappa shape index (κ2) is 7.93. The predicted molar refractivity (Wildman–Crippen MR) is 94.5 cm³/mol. The van der Waals surface area contributed by atoms with Crippen molar-refractivity contribution in [2.45, 2.75) is 20.0 Å². The zero-order valence-corrected chi connectivity index (χ0v) is 14.8. The largest absolute Gasteiger partial charge is 0.495 e. The average Bonchev–Trinajstić information content (AvgIpc) is 2.57. The third kappa shape index (κ3) is 4.11. The fraction of sp³-hybridized carbons (Fsp3) is 0.278. The van der Waals surface area contributed by atoms with Crippen molar-refractivity contribution in [2.75, 3.05) is 19.5 Å². The van der Waals surface area contributed by atoms with E-state index in [0.717, 1.165) is 5.56 Å². The number of amides is 1. The minimum Gasteiger partial charge on any atom is -0.495 e. The summed E-state index contributed by atoms with van der Waals surface area (Å²) in [6, 6.07) is 10.7. The van der Waals surface area contributed by atoms with Crippen molar-refractivity contribution < 1.29 is 19.0 Å². The molecule has 1 amide bonds. The number of ether oxygens (including phenoxy) is 3. The fourth-order valence-electron chi connectivity index (χ4n) is 2.12. The van der Waals surface area contributed by atoms with E-state index in [4.69, 9.17) is 25.8 Å². The number of benzene rings is 2. The highest BCUT2D eigenvalue weighted by atomic mass is 35.5. The molecule has 0 aliphatic carbocycles. The summed E-state index contributed by atoms with van der Waals surface area (Å²) in [6.07, 6.45) is -0.684. The molecule has 24 heavy (non-hydrogen) atoms. The van der Waals surface area contributed by atoms with Crippen LogP contribution in [0.15, 0.2) is 36.4 Å². The lowest BCUT2D eigenvalue weighted by atomic mass is 10.2. The highest BCUT2D eigenvalue weighted by molar-refractivity contribution is 6.32. The van der Waals surface area contributed by atoms with Gasteiger partial charge in [0.25, 0.3) is 5.91 Å². The zero-order valence-electron chi connectivity index (χ0n) is 14.1. The van der Waals surface area contributed by atoms with E-state index in [1.165, 1.54) is 14.2 Å². The van der Waals surface area contributed by atoms with Crippen molar-refractivity contribution >= 4 is 23.2 Å². The summed E-state index contributed by atoms with van der Waals surface area (Å²) >= 11 is 6.11. The summed E-state index contributed by atoms with van der Waals surface area (Å²) in [6.45, 7) is 3.60. The molecule has 2 aromatic rings. The number of methoxy groups -OCH3 is 2. The van der Waals surface area contributed by atoms with Gasteiger partial charge in [-0.1, -0.05) is 29.8 Å². The highest BCUT2D eigenvalue weighted by Crippen LogP contribution is 2.36. The Morgan fingerprint density at radius 2 is 1.75 bits per heavy atom. The molecule has 1 N–H and O–H groups in total. The minimum atomic E-state index is -0.684. The molecule has 0 fully saturated rings. The Balaban J connectivity index is 2.14. The molecule has 0 aromatic heterocycles. The first-order valence-electron chi connectivity index (χ1n) is 7.41. The van der Waals surface area contributed by atoms with E-state index in [1.54, 1.807) is 19.1 Å². The summed E-state index contributed by atoms with van der Waals surface area (Å²) in [5, 5.41) is 3.14. The zero-order chi connectivity index (χ0) is 17.7. The quantitative estimate of drug-likeness (QED) is 0.854. The van der Waals surface area contributed by atoms with Gasteiger partial charge in [0, 0.05) is 6.07 Å². The van der Waals surface area contributed by atoms with Crippen molar-refractivity contribution in [1.29, 1.82) is 0 Å². The Hall–Kier alpha value is -2.40. The molecule has 0 aliphatic rings. The van der Waals surface area contributed by atoms with E-state index in [2.05, 4.69) is 5.32 Å². The van der Waals surface area contributed by atoms with Gasteiger partial charge in [-0.15, -0.1) is 0 Å². The van der Waals surface area contributed by atoms with Crippen molar-refractivity contribution in [1.82, 2.24) is 0 Å². The Bertz CT molecular complexity index is 733. The van der Waals surface area contributed by atoms with E-state index in [9.17, 15) is 4.79 Å². The van der Waals surface area contributed by atoms with Crippen molar-refractivity contribution in [3.05, 3.63) is 47.0 Å². The van der Waals surface area contributed by atoms with E-state index in [0.29, 0.717) is 28.0 Å². The van der Waals surface area contributed by atoms with Crippen LogP contribution >= 0.6 is 11.6 Å². The van der Waals surface area contributed by atoms with Gasteiger partial charge in [-0.25, -0.2) is 0 Å². The second-order valence-electron chi connectivity index (χ2n) is 5.20. The summed E-state index contributed by atoms with van der Waals surface area (Å²) < 4.78 is 16.1. The highest BCUT2D eigenvalue weighted by Gasteiger charge is 2.19. The van der Waals surface area contributed by atoms with Gasteiger partial charge in [0.05, 0.1) is 24.9 Å². The molecule has 6 heteroatoms. The van der Waals surface area contributed by atoms with Crippen molar-refractivity contribution in [2.24, 2.45) is 0 Å². The maximum atomic E-state index is 12.4. The maximum absolute atomic E-state index is 12.4. The number of hydrogen-bond acceptors (Lipinski definition) is 4. The van der Waals surface area contributed by atoms with Crippen LogP contribution < -0.4 is 19.5 Å². The molecule has 0 spiro atoms. The van der Waals surface area contributed by atoms with Crippen LogP contribution in [0.1, 0.15) is 12.5 Å². The molecule has 5 nitrogen and oxygen atoms in total. The number of carbonyl (C=O) groups is 1. The first kappa shape index (κ1) is 17.9. The van der Waals surface area contributed by atoms with Crippen LogP contribution in [-0.2, 0) is 4.79 Å². The van der Waals surface area contributed by atoms with Crippen LogP contribution in [0.3, 0.4) is 0 Å². The van der Waals surface area contributed by atoms with Crippen LogP contribution in [0.2, 0.25) is 5.02 Å². The first-order valence-corrected chi connectivity index (χ1v) is 7.78. The number of nitrogens with one attached hydrogen (secondary N) is 1. The molecule has 0 heterocycles. The summed E-state index contributed by atoms with van der Waals surface area (Å²) in [7, 11) is 3.02. The average molecular weight is 350 g/mol. The molecule has 1 unspecified atom stereocenters. The summed E-state index contributed by atoms with van der Waals surface area (Å²) in [5.41, 5.74) is 1.41. The van der Waals surface area contributed by atoms with Crippen molar-refractivity contribution in [3.8, 4) is 17.2 Å². The van der Waals surface area contributed by atoms with E-state index >= 15 is 0 Å². The molecule has 0 bridgehead atoms. The molecule has 0 radical (unpaired) electrons. The van der Waals surface area contributed by atoms with Gasteiger partial charge >= 0.3 is 0 Å². The van der Waals surface area contributed by atoms with Gasteiger partial charge in [-0.05, 0) is 31.5 Å². The number of rotatable bonds is 6. The Kier molecular flexibility index (Phi) is 5.93. The minimum absolute atomic E-state index is 0.308. The van der Waals surface area contributed by atoms with E-state index in [-0.39, 0.29) is 5.91 Å². The molecule has 0 saturated heterocycles.